The van der Waals surface area contributed by atoms with Crippen LogP contribution in [0.15, 0.2) is 40.3 Å². The summed E-state index contributed by atoms with van der Waals surface area (Å²) in [6.45, 7) is 2.60. The molecular formula is C20H26N4O2S2. The highest BCUT2D eigenvalue weighted by molar-refractivity contribution is 8.02. The summed E-state index contributed by atoms with van der Waals surface area (Å²) in [5.74, 6) is 0.817. The van der Waals surface area contributed by atoms with Gasteiger partial charge in [-0.1, -0.05) is 40.8 Å². The topological polar surface area (TPSA) is 76.1 Å². The fourth-order valence-corrected chi connectivity index (χ4v) is 4.90. The van der Waals surface area contributed by atoms with E-state index in [2.05, 4.69) is 26.9 Å². The Morgan fingerprint density at radius 1 is 1.36 bits per heavy atom. The second-order valence-corrected chi connectivity index (χ2v) is 9.20. The monoisotopic (exact) mass is 418 g/mol. The highest BCUT2D eigenvalue weighted by Crippen LogP contribution is 2.31. The number of anilines is 2. The molecule has 1 heterocycles. The van der Waals surface area contributed by atoms with Crippen molar-refractivity contribution in [2.24, 2.45) is 0 Å². The highest BCUT2D eigenvalue weighted by atomic mass is 32.2. The van der Waals surface area contributed by atoms with Gasteiger partial charge in [-0.25, -0.2) is 0 Å². The number of ether oxygens (including phenoxy) is 1. The Balaban J connectivity index is 1.45. The van der Waals surface area contributed by atoms with Crippen molar-refractivity contribution in [3.05, 3.63) is 35.9 Å². The maximum absolute atomic E-state index is 12.3. The lowest BCUT2D eigenvalue weighted by molar-refractivity contribution is -0.120. The molecule has 28 heavy (non-hydrogen) atoms. The number of carbonyl (C=O) groups is 1. The minimum Gasteiger partial charge on any atom is -0.497 e. The van der Waals surface area contributed by atoms with Crippen LogP contribution in [-0.2, 0) is 4.79 Å². The molecule has 0 fully saturated rings. The van der Waals surface area contributed by atoms with Crippen molar-refractivity contribution in [2.75, 3.05) is 19.0 Å². The predicted octanol–water partition coefficient (Wildman–Crippen LogP) is 4.78. The normalized spacial score (nSPS) is 14.9. The van der Waals surface area contributed by atoms with E-state index in [1.54, 1.807) is 7.11 Å². The van der Waals surface area contributed by atoms with Crippen LogP contribution < -0.4 is 15.4 Å². The van der Waals surface area contributed by atoms with Gasteiger partial charge in [0.1, 0.15) is 5.75 Å². The maximum atomic E-state index is 12.3. The number of nitrogens with one attached hydrogen (secondary N) is 2. The van der Waals surface area contributed by atoms with Gasteiger partial charge in [-0.3, -0.25) is 4.79 Å². The molecule has 150 valence electrons. The van der Waals surface area contributed by atoms with E-state index < -0.39 is 0 Å². The summed E-state index contributed by atoms with van der Waals surface area (Å²) in [4.78, 5) is 12.3. The lowest BCUT2D eigenvalue weighted by atomic mass is 9.97. The first-order valence-corrected chi connectivity index (χ1v) is 11.2. The van der Waals surface area contributed by atoms with E-state index in [0.717, 1.165) is 22.2 Å². The third kappa shape index (κ3) is 6.24. The summed E-state index contributed by atoms with van der Waals surface area (Å²) in [5.41, 5.74) is 2.36. The molecule has 2 N–H and O–H groups in total. The molecule has 3 rings (SSSR count). The molecule has 1 aliphatic rings. The van der Waals surface area contributed by atoms with Crippen LogP contribution in [-0.4, -0.2) is 35.0 Å². The predicted molar refractivity (Wildman–Crippen MR) is 116 cm³/mol. The summed E-state index contributed by atoms with van der Waals surface area (Å²) < 4.78 is 5.99. The Morgan fingerprint density at radius 2 is 2.25 bits per heavy atom. The zero-order chi connectivity index (χ0) is 19.8. The molecule has 0 aliphatic heterocycles. The molecule has 0 saturated heterocycles. The van der Waals surface area contributed by atoms with Gasteiger partial charge >= 0.3 is 0 Å². The van der Waals surface area contributed by atoms with Gasteiger partial charge < -0.3 is 15.4 Å². The van der Waals surface area contributed by atoms with Crippen molar-refractivity contribution in [1.29, 1.82) is 0 Å². The Morgan fingerprint density at radius 3 is 3.04 bits per heavy atom. The molecule has 1 aromatic carbocycles. The number of rotatable bonds is 9. The minimum atomic E-state index is -0.210. The number of nitrogens with zero attached hydrogens (tertiary/aromatic N) is 2. The van der Waals surface area contributed by atoms with Crippen LogP contribution in [0.3, 0.4) is 0 Å². The summed E-state index contributed by atoms with van der Waals surface area (Å²) in [6, 6.07) is 7.63. The standard InChI is InChI=1S/C20H26N4O2S2/c1-14(18(25)21-12-11-15-7-4-3-5-8-15)27-20-24-23-19(28-20)22-16-9-6-10-17(13-16)26-2/h6-7,9-10,13-14H,3-5,8,11-12H2,1-2H3,(H,21,25)(H,22,23). The molecule has 0 spiro atoms. The van der Waals surface area contributed by atoms with Crippen molar-refractivity contribution < 1.29 is 9.53 Å². The summed E-state index contributed by atoms with van der Waals surface area (Å²) in [6.07, 6.45) is 8.20. The van der Waals surface area contributed by atoms with Gasteiger partial charge in [0.15, 0.2) is 4.34 Å². The Bertz CT molecular complexity index is 822. The van der Waals surface area contributed by atoms with Gasteiger partial charge in [-0.2, -0.15) is 0 Å². The molecule has 0 radical (unpaired) electrons. The van der Waals surface area contributed by atoms with Crippen LogP contribution in [0.25, 0.3) is 0 Å². The lowest BCUT2D eigenvalue weighted by Crippen LogP contribution is -2.31. The van der Waals surface area contributed by atoms with Crippen LogP contribution in [0.1, 0.15) is 39.0 Å². The summed E-state index contributed by atoms with van der Waals surface area (Å²) in [5, 5.41) is 15.1. The lowest BCUT2D eigenvalue weighted by Gasteiger charge is -2.14. The Hall–Kier alpha value is -2.06. The van der Waals surface area contributed by atoms with Crippen LogP contribution in [0, 0.1) is 0 Å². The van der Waals surface area contributed by atoms with E-state index in [0.29, 0.717) is 11.7 Å². The average molecular weight is 419 g/mol. The van der Waals surface area contributed by atoms with Crippen molar-refractivity contribution in [2.45, 2.75) is 48.6 Å². The van der Waals surface area contributed by atoms with E-state index in [1.165, 1.54) is 54.4 Å². The minimum absolute atomic E-state index is 0.0407. The molecule has 1 atom stereocenters. The van der Waals surface area contributed by atoms with Crippen molar-refractivity contribution in [3.8, 4) is 5.75 Å². The van der Waals surface area contributed by atoms with E-state index in [9.17, 15) is 4.79 Å². The molecular weight excluding hydrogens is 392 g/mol. The van der Waals surface area contributed by atoms with Gasteiger partial charge in [0.05, 0.1) is 12.4 Å². The van der Waals surface area contributed by atoms with Crippen molar-refractivity contribution in [1.82, 2.24) is 15.5 Å². The third-order valence-electron chi connectivity index (χ3n) is 4.50. The van der Waals surface area contributed by atoms with Gasteiger partial charge in [0.2, 0.25) is 11.0 Å². The molecule has 6 nitrogen and oxygen atoms in total. The van der Waals surface area contributed by atoms with E-state index in [1.807, 2.05) is 31.2 Å². The largest absolute Gasteiger partial charge is 0.497 e. The first kappa shape index (κ1) is 20.7. The first-order valence-electron chi connectivity index (χ1n) is 9.51. The summed E-state index contributed by atoms with van der Waals surface area (Å²) >= 11 is 2.86. The molecule has 0 bridgehead atoms. The molecule has 8 heteroatoms. The average Bonchev–Trinajstić information content (AvgIpc) is 3.15. The number of hydrogen-bond acceptors (Lipinski definition) is 7. The van der Waals surface area contributed by atoms with E-state index in [-0.39, 0.29) is 11.2 Å². The van der Waals surface area contributed by atoms with Crippen molar-refractivity contribution >= 4 is 39.8 Å². The Kier molecular flexibility index (Phi) is 7.73. The highest BCUT2D eigenvalue weighted by Gasteiger charge is 2.17. The second kappa shape index (κ2) is 10.5. The maximum Gasteiger partial charge on any atom is 0.233 e. The Labute approximate surface area is 174 Å². The van der Waals surface area contributed by atoms with Gasteiger partial charge in [-0.05, 0) is 51.2 Å². The van der Waals surface area contributed by atoms with Crippen LogP contribution in [0.2, 0.25) is 0 Å². The van der Waals surface area contributed by atoms with Gasteiger partial charge in [-0.15, -0.1) is 10.2 Å². The van der Waals surface area contributed by atoms with E-state index >= 15 is 0 Å². The fourth-order valence-electron chi connectivity index (χ4n) is 2.96. The number of hydrogen-bond donors (Lipinski definition) is 2. The number of aromatic nitrogens is 2. The van der Waals surface area contributed by atoms with Crippen LogP contribution >= 0.6 is 23.1 Å². The second-order valence-electron chi connectivity index (χ2n) is 6.64. The van der Waals surface area contributed by atoms with Gasteiger partial charge in [0.25, 0.3) is 0 Å². The molecule has 1 aromatic heterocycles. The summed E-state index contributed by atoms with van der Waals surface area (Å²) in [7, 11) is 1.64. The number of allylic oxidation sites excluding steroid dienone is 1. The molecule has 1 unspecified atom stereocenters. The number of methoxy groups -OCH3 is 1. The molecule has 0 saturated carbocycles. The number of amides is 1. The quantitative estimate of drug-likeness (QED) is 0.451. The van der Waals surface area contributed by atoms with Gasteiger partial charge in [0, 0.05) is 18.3 Å². The SMILES string of the molecule is COc1cccc(Nc2nnc(SC(C)C(=O)NCCC3=CCCCC3)s2)c1. The number of thioether (sulfide) groups is 1. The third-order valence-corrected chi connectivity index (χ3v) is 6.53. The first-order chi connectivity index (χ1) is 13.6. The van der Waals surface area contributed by atoms with Crippen molar-refractivity contribution in [3.63, 3.8) is 0 Å². The fraction of sp³-hybridized carbons (Fsp3) is 0.450. The number of carbonyl (C=O) groups excluding carboxylic acids is 1. The van der Waals surface area contributed by atoms with Crippen LogP contribution in [0.4, 0.5) is 10.8 Å². The molecule has 1 aliphatic carbocycles. The number of benzene rings is 1. The molecule has 2 aromatic rings. The zero-order valence-corrected chi connectivity index (χ0v) is 17.9. The van der Waals surface area contributed by atoms with Crippen LogP contribution in [0.5, 0.6) is 5.75 Å². The van der Waals surface area contributed by atoms with E-state index in [4.69, 9.17) is 4.74 Å². The zero-order valence-electron chi connectivity index (χ0n) is 16.2. The smallest absolute Gasteiger partial charge is 0.233 e. The molecule has 1 amide bonds.